The predicted molar refractivity (Wildman–Crippen MR) is 88.4 cm³/mol. The number of nitrogens with zero attached hydrogens (tertiary/aromatic N) is 2. The molecule has 1 atom stereocenters. The third kappa shape index (κ3) is 2.28. The lowest BCUT2D eigenvalue weighted by molar-refractivity contribution is 0.254. The van der Waals surface area contributed by atoms with Gasteiger partial charge in [0.25, 0.3) is 0 Å². The quantitative estimate of drug-likeness (QED) is 0.797. The molecule has 1 aromatic carbocycles. The number of aryl methyl sites for hydroxylation is 1. The van der Waals surface area contributed by atoms with Gasteiger partial charge >= 0.3 is 0 Å². The molecule has 3 nitrogen and oxygen atoms in total. The van der Waals surface area contributed by atoms with Crippen LogP contribution in [0.3, 0.4) is 0 Å². The minimum Gasteiger partial charge on any atom is -0.493 e. The van der Waals surface area contributed by atoms with Crippen molar-refractivity contribution >= 4 is 26.6 Å². The second kappa shape index (κ2) is 5.13. The molecule has 0 fully saturated rings. The molecule has 0 bridgehead atoms. The van der Waals surface area contributed by atoms with Gasteiger partial charge in [0.1, 0.15) is 5.75 Å². The summed E-state index contributed by atoms with van der Waals surface area (Å²) in [5.74, 6) is 0.992. The Bertz CT molecular complexity index is 664. The zero-order valence-corrected chi connectivity index (χ0v) is 13.0. The van der Waals surface area contributed by atoms with Gasteiger partial charge in [-0.25, -0.2) is 0 Å². The largest absolute Gasteiger partial charge is 0.493 e. The lowest BCUT2D eigenvalue weighted by Crippen LogP contribution is -2.51. The third-order valence-corrected chi connectivity index (χ3v) is 4.63. The van der Waals surface area contributed by atoms with E-state index in [9.17, 15) is 0 Å². The van der Waals surface area contributed by atoms with Crippen molar-refractivity contribution < 1.29 is 4.74 Å². The number of benzene rings is 1. The molecule has 0 aliphatic carbocycles. The molecule has 1 aliphatic rings. The standard InChI is InChI=1S/C16H20B2N2O/c1-11(19(2)3)16(17,18)20-9-8-12-13-5-4-10-21-15(13)7-6-14(12)20/h6-9,11H,4-5,10H2,1-3H3/t11-/m1/s1. The van der Waals surface area contributed by atoms with Crippen LogP contribution in [0.4, 0.5) is 0 Å². The third-order valence-electron chi connectivity index (χ3n) is 4.63. The molecule has 1 aromatic heterocycles. The van der Waals surface area contributed by atoms with E-state index < -0.39 is 5.34 Å². The minimum absolute atomic E-state index is 0.000354. The lowest BCUT2D eigenvalue weighted by Gasteiger charge is -2.39. The van der Waals surface area contributed by atoms with Gasteiger partial charge in [0.2, 0.25) is 0 Å². The number of fused-ring (bicyclic) bond motifs is 3. The summed E-state index contributed by atoms with van der Waals surface area (Å²) in [4.78, 5) is 2.04. The molecule has 0 spiro atoms. The highest BCUT2D eigenvalue weighted by atomic mass is 16.5. The van der Waals surface area contributed by atoms with Crippen LogP contribution in [0.1, 0.15) is 18.9 Å². The van der Waals surface area contributed by atoms with Gasteiger partial charge in [-0.05, 0) is 57.4 Å². The highest BCUT2D eigenvalue weighted by molar-refractivity contribution is 6.38. The molecule has 5 heteroatoms. The first kappa shape index (κ1) is 14.6. The Kier molecular flexibility index (Phi) is 3.56. The maximum Gasteiger partial charge on any atom is 0.123 e. The van der Waals surface area contributed by atoms with Crippen LogP contribution in [0.15, 0.2) is 24.4 Å². The molecule has 0 N–H and O–H groups in total. The number of hydrogen-bond donors (Lipinski definition) is 0. The molecule has 21 heavy (non-hydrogen) atoms. The monoisotopic (exact) mass is 278 g/mol. The Morgan fingerprint density at radius 3 is 2.76 bits per heavy atom. The molecular formula is C16H20B2N2O. The Balaban J connectivity index is 2.13. The van der Waals surface area contributed by atoms with Crippen LogP contribution in [0.25, 0.3) is 10.9 Å². The van der Waals surface area contributed by atoms with Crippen LogP contribution < -0.4 is 4.74 Å². The second-order valence-electron chi connectivity index (χ2n) is 6.14. The highest BCUT2D eigenvalue weighted by Crippen LogP contribution is 2.34. The molecule has 0 saturated carbocycles. The molecule has 0 unspecified atom stereocenters. The average Bonchev–Trinajstić information content (AvgIpc) is 2.91. The van der Waals surface area contributed by atoms with Crippen molar-refractivity contribution in [1.82, 2.24) is 9.47 Å². The van der Waals surface area contributed by atoms with E-state index >= 15 is 0 Å². The van der Waals surface area contributed by atoms with E-state index in [1.165, 1.54) is 10.9 Å². The first-order valence-corrected chi connectivity index (χ1v) is 7.43. The first-order chi connectivity index (χ1) is 9.93. The van der Waals surface area contributed by atoms with Gasteiger partial charge in [0, 0.05) is 28.7 Å². The van der Waals surface area contributed by atoms with Gasteiger partial charge in [-0.15, -0.1) is 0 Å². The maximum atomic E-state index is 6.44. The van der Waals surface area contributed by atoms with Crippen LogP contribution >= 0.6 is 0 Å². The Hall–Kier alpha value is -1.35. The van der Waals surface area contributed by atoms with Crippen molar-refractivity contribution in [3.05, 3.63) is 30.0 Å². The molecule has 2 aromatic rings. The van der Waals surface area contributed by atoms with Crippen LogP contribution in [0, 0.1) is 0 Å². The molecule has 4 radical (unpaired) electrons. The average molecular weight is 278 g/mol. The van der Waals surface area contributed by atoms with Gasteiger partial charge in [-0.3, -0.25) is 0 Å². The summed E-state index contributed by atoms with van der Waals surface area (Å²) < 4.78 is 7.71. The molecular weight excluding hydrogens is 258 g/mol. The molecule has 106 valence electrons. The van der Waals surface area contributed by atoms with E-state index in [0.717, 1.165) is 30.7 Å². The minimum atomic E-state index is -0.963. The van der Waals surface area contributed by atoms with Crippen LogP contribution in [-0.2, 0) is 11.8 Å². The van der Waals surface area contributed by atoms with Gasteiger partial charge < -0.3 is 14.2 Å². The Morgan fingerprint density at radius 2 is 2.05 bits per heavy atom. The fourth-order valence-corrected chi connectivity index (χ4v) is 3.03. The fourth-order valence-electron chi connectivity index (χ4n) is 3.03. The lowest BCUT2D eigenvalue weighted by atomic mass is 9.57. The molecule has 1 aliphatic heterocycles. The van der Waals surface area contributed by atoms with Crippen molar-refractivity contribution in [2.24, 2.45) is 0 Å². The van der Waals surface area contributed by atoms with Gasteiger partial charge in [-0.1, -0.05) is 0 Å². The number of hydrogen-bond acceptors (Lipinski definition) is 2. The Labute approximate surface area is 129 Å². The zero-order chi connectivity index (χ0) is 15.2. The van der Waals surface area contributed by atoms with E-state index in [2.05, 4.69) is 12.1 Å². The van der Waals surface area contributed by atoms with Crippen LogP contribution in [0.5, 0.6) is 5.75 Å². The van der Waals surface area contributed by atoms with Crippen LogP contribution in [-0.4, -0.2) is 51.9 Å². The van der Waals surface area contributed by atoms with Gasteiger partial charge in [0.15, 0.2) is 0 Å². The molecule has 3 rings (SSSR count). The smallest absolute Gasteiger partial charge is 0.123 e. The summed E-state index contributed by atoms with van der Waals surface area (Å²) in [6, 6.07) is 6.18. The molecule has 0 saturated heterocycles. The summed E-state index contributed by atoms with van der Waals surface area (Å²) >= 11 is 0. The number of rotatable bonds is 3. The number of aromatic nitrogens is 1. The van der Waals surface area contributed by atoms with Gasteiger partial charge in [-0.2, -0.15) is 0 Å². The normalized spacial score (nSPS) is 16.8. The first-order valence-electron chi connectivity index (χ1n) is 7.43. The highest BCUT2D eigenvalue weighted by Gasteiger charge is 2.29. The van der Waals surface area contributed by atoms with Crippen molar-refractivity contribution in [1.29, 1.82) is 0 Å². The van der Waals surface area contributed by atoms with E-state index in [1.807, 2.05) is 42.7 Å². The summed E-state index contributed by atoms with van der Waals surface area (Å²) in [7, 11) is 16.8. The summed E-state index contributed by atoms with van der Waals surface area (Å²) in [5, 5.41) is 0.230. The topological polar surface area (TPSA) is 17.4 Å². The van der Waals surface area contributed by atoms with E-state index in [1.54, 1.807) is 0 Å². The molecule has 0 amide bonds. The number of ether oxygens (including phenoxy) is 1. The van der Waals surface area contributed by atoms with E-state index in [0.29, 0.717) is 0 Å². The van der Waals surface area contributed by atoms with E-state index in [4.69, 9.17) is 20.4 Å². The van der Waals surface area contributed by atoms with E-state index in [-0.39, 0.29) is 6.04 Å². The fraction of sp³-hybridized carbons (Fsp3) is 0.500. The summed E-state index contributed by atoms with van der Waals surface area (Å²) in [6.07, 6.45) is 4.09. The van der Waals surface area contributed by atoms with Crippen molar-refractivity contribution in [2.75, 3.05) is 20.7 Å². The maximum absolute atomic E-state index is 6.44. The summed E-state index contributed by atoms with van der Waals surface area (Å²) in [5.41, 5.74) is 2.34. The van der Waals surface area contributed by atoms with Crippen LogP contribution in [0.2, 0.25) is 0 Å². The van der Waals surface area contributed by atoms with Crippen molar-refractivity contribution in [3.63, 3.8) is 0 Å². The second-order valence-corrected chi connectivity index (χ2v) is 6.14. The number of likely N-dealkylation sites (N-methyl/N-ethyl adjacent to an activating group) is 1. The molecule has 2 heterocycles. The van der Waals surface area contributed by atoms with Crippen molar-refractivity contribution in [3.8, 4) is 5.75 Å². The zero-order valence-electron chi connectivity index (χ0n) is 13.0. The Morgan fingerprint density at radius 1 is 1.29 bits per heavy atom. The predicted octanol–water partition coefficient (Wildman–Crippen LogP) is 1.86. The summed E-state index contributed by atoms with van der Waals surface area (Å²) in [6.45, 7) is 2.84. The van der Waals surface area contributed by atoms with Gasteiger partial charge in [0.05, 0.1) is 22.3 Å². The SMILES string of the molecule is [B]C([B])([C@@H](C)N(C)C)n1ccc2c3c(ccc21)OCCC3. The van der Waals surface area contributed by atoms with Crippen molar-refractivity contribution in [2.45, 2.75) is 31.1 Å².